The maximum Gasteiger partial charge on any atom is 0.00670 e. The third-order valence-electron chi connectivity index (χ3n) is 1.16. The maximum absolute atomic E-state index is 3.89. The summed E-state index contributed by atoms with van der Waals surface area (Å²) in [5.41, 5.74) is 0. The Morgan fingerprint density at radius 2 is 2.00 bits per heavy atom. The number of hydrogen-bond donors (Lipinski definition) is 1. The predicted molar refractivity (Wildman–Crippen MR) is 37.7 cm³/mol. The molecule has 0 amide bonds. The van der Waals surface area contributed by atoms with E-state index in [-0.39, 0.29) is 0 Å². The fourth-order valence-electron chi connectivity index (χ4n) is 0.687. The normalized spacial score (nSPS) is 14.6. The first kappa shape index (κ1) is 7.96. The monoisotopic (exact) mass is 114 g/mol. The molecule has 0 bridgehead atoms. The van der Waals surface area contributed by atoms with Crippen molar-refractivity contribution >= 4 is 0 Å². The molecule has 49 valence electrons. The van der Waals surface area contributed by atoms with Crippen molar-refractivity contribution in [3.05, 3.63) is 6.92 Å². The molecule has 1 atom stereocenters. The van der Waals surface area contributed by atoms with Crippen LogP contribution in [0.3, 0.4) is 0 Å². The van der Waals surface area contributed by atoms with E-state index in [0.29, 0.717) is 6.04 Å². The summed E-state index contributed by atoms with van der Waals surface area (Å²) in [7, 11) is 1.94. The highest BCUT2D eigenvalue weighted by Crippen LogP contribution is 2.01. The molecule has 0 aromatic carbocycles. The minimum Gasteiger partial charge on any atom is -0.317 e. The molecule has 0 aromatic heterocycles. The van der Waals surface area contributed by atoms with Gasteiger partial charge in [-0.25, -0.2) is 0 Å². The lowest BCUT2D eigenvalue weighted by atomic mass is 10.1. The second-order valence-electron chi connectivity index (χ2n) is 2.62. The van der Waals surface area contributed by atoms with Crippen LogP contribution in [0.4, 0.5) is 0 Å². The molecule has 0 heterocycles. The second-order valence-corrected chi connectivity index (χ2v) is 2.62. The number of rotatable bonds is 3. The average Bonchev–Trinajstić information content (AvgIpc) is 1.65. The van der Waals surface area contributed by atoms with Gasteiger partial charge in [0.25, 0.3) is 0 Å². The molecule has 8 heavy (non-hydrogen) atoms. The molecule has 1 N–H and O–H groups in total. The lowest BCUT2D eigenvalue weighted by molar-refractivity contribution is 0.497. The Hall–Kier alpha value is -0.0400. The smallest absolute Gasteiger partial charge is 0.00670 e. The molecular weight excluding hydrogens is 98.1 g/mol. The van der Waals surface area contributed by atoms with Gasteiger partial charge in [0.15, 0.2) is 0 Å². The van der Waals surface area contributed by atoms with E-state index < -0.39 is 0 Å². The van der Waals surface area contributed by atoms with Crippen molar-refractivity contribution in [3.8, 4) is 0 Å². The van der Waals surface area contributed by atoms with E-state index in [9.17, 15) is 0 Å². The molecule has 0 spiro atoms. The van der Waals surface area contributed by atoms with Gasteiger partial charge < -0.3 is 5.32 Å². The molecule has 0 aromatic rings. The molecule has 0 rings (SSSR count). The molecule has 0 fully saturated rings. The van der Waals surface area contributed by atoms with Crippen molar-refractivity contribution < 1.29 is 0 Å². The van der Waals surface area contributed by atoms with Crippen molar-refractivity contribution in [2.45, 2.75) is 26.3 Å². The number of hydrogen-bond acceptors (Lipinski definition) is 1. The summed E-state index contributed by atoms with van der Waals surface area (Å²) in [4.78, 5) is 0. The van der Waals surface area contributed by atoms with Crippen molar-refractivity contribution in [1.29, 1.82) is 0 Å². The van der Waals surface area contributed by atoms with Gasteiger partial charge in [0.1, 0.15) is 0 Å². The van der Waals surface area contributed by atoms with E-state index in [1.54, 1.807) is 0 Å². The summed E-state index contributed by atoms with van der Waals surface area (Å²) in [5.74, 6) is 0.755. The highest BCUT2D eigenvalue weighted by atomic mass is 14.8. The van der Waals surface area contributed by atoms with Gasteiger partial charge in [0, 0.05) is 6.04 Å². The zero-order valence-electron chi connectivity index (χ0n) is 6.07. The van der Waals surface area contributed by atoms with Crippen LogP contribution in [0.5, 0.6) is 0 Å². The molecular formula is C7H16N. The van der Waals surface area contributed by atoms with Crippen molar-refractivity contribution in [3.63, 3.8) is 0 Å². The summed E-state index contributed by atoms with van der Waals surface area (Å²) >= 11 is 0. The molecule has 0 aliphatic heterocycles. The quantitative estimate of drug-likeness (QED) is 0.585. The molecule has 1 unspecified atom stereocenters. The van der Waals surface area contributed by atoms with E-state index >= 15 is 0 Å². The van der Waals surface area contributed by atoms with Crippen LogP contribution < -0.4 is 5.32 Å². The van der Waals surface area contributed by atoms with Gasteiger partial charge in [-0.05, 0) is 26.3 Å². The summed E-state index contributed by atoms with van der Waals surface area (Å²) in [6.45, 7) is 8.29. The molecule has 0 aliphatic carbocycles. The minimum absolute atomic E-state index is 0.426. The van der Waals surface area contributed by atoms with E-state index in [1.165, 1.54) is 0 Å². The van der Waals surface area contributed by atoms with Gasteiger partial charge in [0.2, 0.25) is 0 Å². The Labute approximate surface area is 52.5 Å². The first-order chi connectivity index (χ1) is 3.66. The summed E-state index contributed by atoms with van der Waals surface area (Å²) < 4.78 is 0. The Kier molecular flexibility index (Phi) is 3.88. The fourth-order valence-corrected chi connectivity index (χ4v) is 0.687. The molecule has 0 aliphatic rings. The first-order valence-corrected chi connectivity index (χ1v) is 3.17. The summed E-state index contributed by atoms with van der Waals surface area (Å²) in [6.07, 6.45) is 1.16. The van der Waals surface area contributed by atoms with E-state index in [1.807, 2.05) is 7.05 Å². The van der Waals surface area contributed by atoms with Gasteiger partial charge in [0.05, 0.1) is 0 Å². The lowest BCUT2D eigenvalue weighted by Gasteiger charge is -2.11. The average molecular weight is 114 g/mol. The van der Waals surface area contributed by atoms with Crippen LogP contribution in [0.1, 0.15) is 20.3 Å². The zero-order valence-corrected chi connectivity index (χ0v) is 6.07. The molecule has 1 nitrogen and oxygen atoms in total. The summed E-state index contributed by atoms with van der Waals surface area (Å²) in [5, 5.41) is 3.09. The first-order valence-electron chi connectivity index (χ1n) is 3.17. The highest BCUT2D eigenvalue weighted by Gasteiger charge is 1.99. The van der Waals surface area contributed by atoms with E-state index in [0.717, 1.165) is 12.3 Å². The van der Waals surface area contributed by atoms with Gasteiger partial charge in [-0.2, -0.15) is 0 Å². The third-order valence-corrected chi connectivity index (χ3v) is 1.16. The van der Waals surface area contributed by atoms with E-state index in [2.05, 4.69) is 26.1 Å². The zero-order chi connectivity index (χ0) is 6.57. The lowest BCUT2D eigenvalue weighted by Crippen LogP contribution is -2.22. The molecule has 0 saturated carbocycles. The Morgan fingerprint density at radius 1 is 1.50 bits per heavy atom. The van der Waals surface area contributed by atoms with Crippen LogP contribution >= 0.6 is 0 Å². The largest absolute Gasteiger partial charge is 0.317 e. The fraction of sp³-hybridized carbons (Fsp3) is 0.857. The predicted octanol–water partition coefficient (Wildman–Crippen LogP) is 1.45. The number of nitrogens with one attached hydrogen (secondary N) is 1. The third kappa shape index (κ3) is 4.13. The van der Waals surface area contributed by atoms with Crippen LogP contribution in [-0.2, 0) is 0 Å². The van der Waals surface area contributed by atoms with Gasteiger partial charge >= 0.3 is 0 Å². The highest BCUT2D eigenvalue weighted by molar-refractivity contribution is 4.67. The van der Waals surface area contributed by atoms with Crippen molar-refractivity contribution in [1.82, 2.24) is 5.32 Å². The van der Waals surface area contributed by atoms with Gasteiger partial charge in [-0.3, -0.25) is 0 Å². The molecule has 0 saturated heterocycles. The van der Waals surface area contributed by atoms with Crippen LogP contribution in [0, 0.1) is 12.8 Å². The van der Waals surface area contributed by atoms with Crippen LogP contribution in [-0.4, -0.2) is 13.1 Å². The topological polar surface area (TPSA) is 12.0 Å². The van der Waals surface area contributed by atoms with Gasteiger partial charge in [-0.1, -0.05) is 13.8 Å². The molecule has 1 radical (unpaired) electrons. The van der Waals surface area contributed by atoms with Crippen LogP contribution in [0.25, 0.3) is 0 Å². The van der Waals surface area contributed by atoms with Crippen LogP contribution in [0.2, 0.25) is 0 Å². The Morgan fingerprint density at radius 3 is 2.12 bits per heavy atom. The standard InChI is InChI=1S/C7H16N/c1-6(2)5-7(3)8-4/h6-8H,3,5H2,1-2,4H3. The summed E-state index contributed by atoms with van der Waals surface area (Å²) in [6, 6.07) is 0.426. The van der Waals surface area contributed by atoms with Crippen molar-refractivity contribution in [2.75, 3.05) is 7.05 Å². The van der Waals surface area contributed by atoms with E-state index in [4.69, 9.17) is 0 Å². The van der Waals surface area contributed by atoms with Gasteiger partial charge in [-0.15, -0.1) is 0 Å². The Bertz CT molecular complexity index is 50.3. The maximum atomic E-state index is 3.89. The minimum atomic E-state index is 0.426. The Balaban J connectivity index is 3.10. The SMILES string of the molecule is [CH2]C(CC(C)C)NC. The second kappa shape index (κ2) is 3.90. The van der Waals surface area contributed by atoms with Crippen molar-refractivity contribution in [2.24, 2.45) is 5.92 Å². The van der Waals surface area contributed by atoms with Crippen LogP contribution in [0.15, 0.2) is 0 Å². The molecule has 1 heteroatoms.